The molecule has 110 valence electrons. The van der Waals surface area contributed by atoms with E-state index in [0.717, 1.165) is 11.1 Å². The first-order valence-corrected chi connectivity index (χ1v) is 6.69. The monoisotopic (exact) mass is 277 g/mol. The number of carboxylic acid groups (broad SMARTS) is 1. The highest BCUT2D eigenvalue weighted by atomic mass is 16.4. The van der Waals surface area contributed by atoms with E-state index < -0.39 is 12.0 Å². The van der Waals surface area contributed by atoms with E-state index in [9.17, 15) is 14.7 Å². The maximum absolute atomic E-state index is 11.9. The third-order valence-electron chi connectivity index (χ3n) is 3.11. The molecule has 4 heteroatoms. The van der Waals surface area contributed by atoms with Crippen LogP contribution in [-0.4, -0.2) is 17.0 Å². The number of hydrogen-bond acceptors (Lipinski definition) is 2. The molecule has 0 aliphatic rings. The highest BCUT2D eigenvalue weighted by Gasteiger charge is 2.24. The molecule has 0 spiro atoms. The second-order valence-corrected chi connectivity index (χ2v) is 6.42. The van der Waals surface area contributed by atoms with Gasteiger partial charge in [-0.1, -0.05) is 39.0 Å². The van der Waals surface area contributed by atoms with Gasteiger partial charge in [0.2, 0.25) is 5.91 Å². The number of amides is 1. The van der Waals surface area contributed by atoms with Crippen molar-refractivity contribution >= 4 is 11.9 Å². The van der Waals surface area contributed by atoms with Crippen molar-refractivity contribution in [2.24, 2.45) is 5.41 Å². The Morgan fingerprint density at radius 1 is 1.20 bits per heavy atom. The molecule has 1 rings (SSSR count). The van der Waals surface area contributed by atoms with Crippen LogP contribution < -0.4 is 5.32 Å². The minimum atomic E-state index is -1.05. The normalized spacial score (nSPS) is 12.8. The van der Waals surface area contributed by atoms with Gasteiger partial charge in [0.25, 0.3) is 0 Å². The Morgan fingerprint density at radius 3 is 2.25 bits per heavy atom. The number of aryl methyl sites for hydroxylation is 2. The zero-order chi connectivity index (χ0) is 15.5. The first-order chi connectivity index (χ1) is 9.10. The van der Waals surface area contributed by atoms with Crippen molar-refractivity contribution in [1.29, 1.82) is 0 Å². The third kappa shape index (κ3) is 4.68. The summed E-state index contributed by atoms with van der Waals surface area (Å²) in [7, 11) is 0. The Balaban J connectivity index is 2.92. The van der Waals surface area contributed by atoms with E-state index in [4.69, 9.17) is 0 Å². The minimum Gasteiger partial charge on any atom is -0.479 e. The molecular formula is C16H23NO3. The number of carbonyl (C=O) groups excluding carboxylic acids is 1. The molecular weight excluding hydrogens is 254 g/mol. The fraction of sp³-hybridized carbons (Fsp3) is 0.500. The first kappa shape index (κ1) is 16.2. The van der Waals surface area contributed by atoms with Crippen LogP contribution in [-0.2, 0) is 9.59 Å². The molecule has 1 aromatic rings. The predicted octanol–water partition coefficient (Wildman–Crippen LogP) is 2.98. The van der Waals surface area contributed by atoms with Gasteiger partial charge in [-0.3, -0.25) is 4.79 Å². The summed E-state index contributed by atoms with van der Waals surface area (Å²) in [5.41, 5.74) is 2.54. The van der Waals surface area contributed by atoms with E-state index in [1.807, 2.05) is 46.8 Å². The van der Waals surface area contributed by atoms with Crippen LogP contribution in [0.2, 0.25) is 0 Å². The van der Waals surface area contributed by atoms with Crippen molar-refractivity contribution in [1.82, 2.24) is 5.32 Å². The van der Waals surface area contributed by atoms with Crippen LogP contribution >= 0.6 is 0 Å². The lowest BCUT2D eigenvalue weighted by Gasteiger charge is -2.21. The van der Waals surface area contributed by atoms with Gasteiger partial charge < -0.3 is 10.4 Å². The number of rotatable bonds is 4. The van der Waals surface area contributed by atoms with E-state index in [2.05, 4.69) is 5.32 Å². The van der Waals surface area contributed by atoms with Crippen LogP contribution in [0, 0.1) is 19.3 Å². The summed E-state index contributed by atoms with van der Waals surface area (Å²) in [5, 5.41) is 11.9. The average Bonchev–Trinajstić information content (AvgIpc) is 2.27. The first-order valence-electron chi connectivity index (χ1n) is 6.69. The lowest BCUT2D eigenvalue weighted by molar-refractivity contribution is -0.142. The number of hydrogen-bond donors (Lipinski definition) is 2. The topological polar surface area (TPSA) is 66.4 Å². The standard InChI is InChI=1S/C16H23NO3/c1-10-6-7-12(8-11(10)2)14(15(19)20)17-13(18)9-16(3,4)5/h6-8,14H,9H2,1-5H3,(H,17,18)(H,19,20). The van der Waals surface area contributed by atoms with E-state index in [0.29, 0.717) is 12.0 Å². The molecule has 4 nitrogen and oxygen atoms in total. The zero-order valence-electron chi connectivity index (χ0n) is 12.8. The zero-order valence-corrected chi connectivity index (χ0v) is 12.8. The predicted molar refractivity (Wildman–Crippen MR) is 78.5 cm³/mol. The lowest BCUT2D eigenvalue weighted by atomic mass is 9.91. The van der Waals surface area contributed by atoms with Crippen molar-refractivity contribution < 1.29 is 14.7 Å². The highest BCUT2D eigenvalue weighted by Crippen LogP contribution is 2.21. The Hall–Kier alpha value is -1.84. The number of carboxylic acids is 1. The molecule has 0 fully saturated rings. The Morgan fingerprint density at radius 2 is 1.80 bits per heavy atom. The summed E-state index contributed by atoms with van der Waals surface area (Å²) < 4.78 is 0. The fourth-order valence-corrected chi connectivity index (χ4v) is 1.93. The number of aliphatic carboxylic acids is 1. The van der Waals surface area contributed by atoms with Crippen LogP contribution in [0.3, 0.4) is 0 Å². The van der Waals surface area contributed by atoms with Crippen LogP contribution in [0.4, 0.5) is 0 Å². The molecule has 0 saturated heterocycles. The third-order valence-corrected chi connectivity index (χ3v) is 3.11. The second-order valence-electron chi connectivity index (χ2n) is 6.42. The molecule has 0 radical (unpaired) electrons. The van der Waals surface area contributed by atoms with E-state index in [-0.39, 0.29) is 11.3 Å². The molecule has 0 aliphatic carbocycles. The van der Waals surface area contributed by atoms with Crippen LogP contribution in [0.25, 0.3) is 0 Å². The molecule has 0 saturated carbocycles. The Kier molecular flexibility index (Phi) is 4.93. The maximum atomic E-state index is 11.9. The smallest absolute Gasteiger partial charge is 0.330 e. The Labute approximate surface area is 120 Å². The summed E-state index contributed by atoms with van der Waals surface area (Å²) in [6.45, 7) is 9.72. The van der Waals surface area contributed by atoms with Gasteiger partial charge in [0, 0.05) is 6.42 Å². The van der Waals surface area contributed by atoms with Gasteiger partial charge >= 0.3 is 5.97 Å². The van der Waals surface area contributed by atoms with Crippen molar-refractivity contribution in [3.63, 3.8) is 0 Å². The van der Waals surface area contributed by atoms with Gasteiger partial charge in [0.1, 0.15) is 0 Å². The average molecular weight is 277 g/mol. The number of nitrogens with one attached hydrogen (secondary N) is 1. The molecule has 1 unspecified atom stereocenters. The van der Waals surface area contributed by atoms with E-state index in [1.54, 1.807) is 6.07 Å². The Bertz CT molecular complexity index is 515. The van der Waals surface area contributed by atoms with Crippen molar-refractivity contribution in [2.45, 2.75) is 47.1 Å². The lowest BCUT2D eigenvalue weighted by Crippen LogP contribution is -2.35. The van der Waals surface area contributed by atoms with E-state index >= 15 is 0 Å². The fourth-order valence-electron chi connectivity index (χ4n) is 1.93. The molecule has 0 bridgehead atoms. The van der Waals surface area contributed by atoms with Crippen molar-refractivity contribution in [2.75, 3.05) is 0 Å². The summed E-state index contributed by atoms with van der Waals surface area (Å²) in [5.74, 6) is -1.29. The molecule has 0 aliphatic heterocycles. The molecule has 1 amide bonds. The van der Waals surface area contributed by atoms with Crippen LogP contribution in [0.15, 0.2) is 18.2 Å². The van der Waals surface area contributed by atoms with Crippen molar-refractivity contribution in [3.05, 3.63) is 34.9 Å². The highest BCUT2D eigenvalue weighted by molar-refractivity contribution is 5.84. The molecule has 0 heterocycles. The molecule has 2 N–H and O–H groups in total. The van der Waals surface area contributed by atoms with Gasteiger partial charge in [-0.15, -0.1) is 0 Å². The quantitative estimate of drug-likeness (QED) is 0.889. The summed E-state index contributed by atoms with van der Waals surface area (Å²) in [6, 6.07) is 4.43. The van der Waals surface area contributed by atoms with Crippen LogP contribution in [0.1, 0.15) is 49.9 Å². The van der Waals surface area contributed by atoms with Gasteiger partial charge in [-0.2, -0.15) is 0 Å². The molecule has 1 aromatic carbocycles. The van der Waals surface area contributed by atoms with Gasteiger partial charge in [-0.25, -0.2) is 4.79 Å². The SMILES string of the molecule is Cc1ccc(C(NC(=O)CC(C)(C)C)C(=O)O)cc1C. The minimum absolute atomic E-state index is 0.170. The van der Waals surface area contributed by atoms with Gasteiger partial charge in [0.15, 0.2) is 6.04 Å². The maximum Gasteiger partial charge on any atom is 0.330 e. The second kappa shape index (κ2) is 6.07. The van der Waals surface area contributed by atoms with Gasteiger partial charge in [-0.05, 0) is 36.0 Å². The van der Waals surface area contributed by atoms with E-state index in [1.165, 1.54) is 0 Å². The summed E-state index contributed by atoms with van der Waals surface area (Å²) in [4.78, 5) is 23.3. The molecule has 20 heavy (non-hydrogen) atoms. The summed E-state index contributed by atoms with van der Waals surface area (Å²) in [6.07, 6.45) is 0.293. The van der Waals surface area contributed by atoms with Crippen molar-refractivity contribution in [3.8, 4) is 0 Å². The summed E-state index contributed by atoms with van der Waals surface area (Å²) >= 11 is 0. The van der Waals surface area contributed by atoms with Crippen LogP contribution in [0.5, 0.6) is 0 Å². The molecule has 1 atom stereocenters. The largest absolute Gasteiger partial charge is 0.479 e. The molecule has 0 aromatic heterocycles. The number of benzene rings is 1. The number of carbonyl (C=O) groups is 2. The van der Waals surface area contributed by atoms with Gasteiger partial charge in [0.05, 0.1) is 0 Å².